The molecular formula is C8H10INO2. The van der Waals surface area contributed by atoms with Crippen LogP contribution in [0.1, 0.15) is 23.1 Å². The summed E-state index contributed by atoms with van der Waals surface area (Å²) in [4.78, 5) is 14.1. The number of hydrogen-bond acceptors (Lipinski definition) is 2. The normalized spacial score (nSPS) is 9.92. The Labute approximate surface area is 84.6 Å². The highest BCUT2D eigenvalue weighted by Gasteiger charge is 2.10. The molecule has 0 radical (unpaired) electrons. The van der Waals surface area contributed by atoms with E-state index in [2.05, 4.69) is 27.6 Å². The summed E-state index contributed by atoms with van der Waals surface area (Å²) in [5.41, 5.74) is 1.53. The van der Waals surface area contributed by atoms with Crippen molar-refractivity contribution in [1.29, 1.82) is 0 Å². The number of carbonyl (C=O) groups is 1. The van der Waals surface area contributed by atoms with Crippen molar-refractivity contribution in [2.75, 3.05) is 6.61 Å². The van der Waals surface area contributed by atoms with E-state index in [9.17, 15) is 4.79 Å². The summed E-state index contributed by atoms with van der Waals surface area (Å²) in [5, 5.41) is 0. The SMILES string of the molecule is CCOC(=O)c1cc(I)c(C)[nH]1. The highest BCUT2D eigenvalue weighted by Crippen LogP contribution is 2.12. The number of halogens is 1. The fourth-order valence-electron chi connectivity index (χ4n) is 0.852. The molecule has 1 N–H and O–H groups in total. The maximum Gasteiger partial charge on any atom is 0.354 e. The Balaban J connectivity index is 2.82. The number of esters is 1. The Hall–Kier alpha value is -0.520. The first-order valence-electron chi connectivity index (χ1n) is 3.67. The predicted octanol–water partition coefficient (Wildman–Crippen LogP) is 2.10. The van der Waals surface area contributed by atoms with Crippen LogP contribution in [0.5, 0.6) is 0 Å². The zero-order valence-electron chi connectivity index (χ0n) is 6.98. The summed E-state index contributed by atoms with van der Waals surface area (Å²) in [5.74, 6) is -0.288. The molecule has 0 aliphatic carbocycles. The Morgan fingerprint density at radius 3 is 2.83 bits per heavy atom. The second-order valence-corrected chi connectivity index (χ2v) is 3.54. The number of rotatable bonds is 2. The van der Waals surface area contributed by atoms with E-state index in [1.54, 1.807) is 13.0 Å². The highest BCUT2D eigenvalue weighted by atomic mass is 127. The number of H-pyrrole nitrogens is 1. The summed E-state index contributed by atoms with van der Waals surface area (Å²) in [6.07, 6.45) is 0. The third kappa shape index (κ3) is 2.00. The summed E-state index contributed by atoms with van der Waals surface area (Å²) in [6, 6.07) is 1.79. The van der Waals surface area contributed by atoms with Gasteiger partial charge in [0.1, 0.15) is 5.69 Å². The van der Waals surface area contributed by atoms with Crippen molar-refractivity contribution in [2.24, 2.45) is 0 Å². The zero-order valence-corrected chi connectivity index (χ0v) is 9.14. The first-order chi connectivity index (χ1) is 5.65. The van der Waals surface area contributed by atoms with E-state index in [-0.39, 0.29) is 5.97 Å². The van der Waals surface area contributed by atoms with Gasteiger partial charge < -0.3 is 9.72 Å². The van der Waals surface area contributed by atoms with Gasteiger partial charge in [0, 0.05) is 9.26 Å². The molecule has 0 spiro atoms. The van der Waals surface area contributed by atoms with Gasteiger partial charge in [-0.15, -0.1) is 0 Å². The Kier molecular flexibility index (Phi) is 3.13. The van der Waals surface area contributed by atoms with Gasteiger partial charge in [-0.3, -0.25) is 0 Å². The van der Waals surface area contributed by atoms with Crippen molar-refractivity contribution in [1.82, 2.24) is 4.98 Å². The quantitative estimate of drug-likeness (QED) is 0.665. The molecule has 12 heavy (non-hydrogen) atoms. The molecule has 0 aliphatic heterocycles. The van der Waals surface area contributed by atoms with Crippen LogP contribution >= 0.6 is 22.6 Å². The maximum absolute atomic E-state index is 11.2. The van der Waals surface area contributed by atoms with Crippen LogP contribution in [-0.4, -0.2) is 17.6 Å². The standard InChI is InChI=1S/C8H10INO2/c1-3-12-8(11)7-4-6(9)5(2)10-7/h4,10H,3H2,1-2H3. The van der Waals surface area contributed by atoms with Gasteiger partial charge in [-0.2, -0.15) is 0 Å². The number of aromatic nitrogens is 1. The number of carbonyl (C=O) groups excluding carboxylic acids is 1. The minimum absolute atomic E-state index is 0.288. The van der Waals surface area contributed by atoms with Gasteiger partial charge in [0.15, 0.2) is 0 Å². The smallest absolute Gasteiger partial charge is 0.354 e. The van der Waals surface area contributed by atoms with Crippen molar-refractivity contribution in [3.8, 4) is 0 Å². The van der Waals surface area contributed by atoms with Gasteiger partial charge >= 0.3 is 5.97 Å². The molecule has 0 bridgehead atoms. The summed E-state index contributed by atoms with van der Waals surface area (Å²) in [7, 11) is 0. The number of aromatic amines is 1. The highest BCUT2D eigenvalue weighted by molar-refractivity contribution is 14.1. The fraction of sp³-hybridized carbons (Fsp3) is 0.375. The molecule has 0 aliphatic rings. The molecule has 4 heteroatoms. The van der Waals surface area contributed by atoms with Crippen LogP contribution in [0.25, 0.3) is 0 Å². The number of aryl methyl sites for hydroxylation is 1. The number of nitrogens with one attached hydrogen (secondary N) is 1. The molecule has 66 valence electrons. The lowest BCUT2D eigenvalue weighted by molar-refractivity contribution is 0.0520. The molecule has 1 aromatic heterocycles. The van der Waals surface area contributed by atoms with Crippen LogP contribution in [0, 0.1) is 10.5 Å². The minimum atomic E-state index is -0.288. The van der Waals surface area contributed by atoms with Crippen LogP contribution in [0.15, 0.2) is 6.07 Å². The van der Waals surface area contributed by atoms with E-state index >= 15 is 0 Å². The Morgan fingerprint density at radius 1 is 1.75 bits per heavy atom. The van der Waals surface area contributed by atoms with E-state index in [0.29, 0.717) is 12.3 Å². The molecule has 1 rings (SSSR count). The molecule has 0 saturated carbocycles. The van der Waals surface area contributed by atoms with Crippen molar-refractivity contribution in [2.45, 2.75) is 13.8 Å². The molecule has 0 fully saturated rings. The summed E-state index contributed by atoms with van der Waals surface area (Å²) in [6.45, 7) is 4.12. The van der Waals surface area contributed by atoms with Gasteiger partial charge in [-0.1, -0.05) is 0 Å². The van der Waals surface area contributed by atoms with Crippen molar-refractivity contribution in [3.05, 3.63) is 21.0 Å². The van der Waals surface area contributed by atoms with Crippen molar-refractivity contribution in [3.63, 3.8) is 0 Å². The maximum atomic E-state index is 11.2. The lowest BCUT2D eigenvalue weighted by Crippen LogP contribution is -2.04. The average molecular weight is 279 g/mol. The van der Waals surface area contributed by atoms with Crippen LogP contribution in [0.2, 0.25) is 0 Å². The first-order valence-corrected chi connectivity index (χ1v) is 4.75. The van der Waals surface area contributed by atoms with Crippen LogP contribution < -0.4 is 0 Å². The minimum Gasteiger partial charge on any atom is -0.461 e. The largest absolute Gasteiger partial charge is 0.461 e. The third-order valence-electron chi connectivity index (χ3n) is 1.45. The second kappa shape index (κ2) is 3.93. The number of ether oxygens (including phenoxy) is 1. The molecule has 1 heterocycles. The molecule has 0 saturated heterocycles. The lowest BCUT2D eigenvalue weighted by Gasteiger charge is -1.96. The predicted molar refractivity (Wildman–Crippen MR) is 54.2 cm³/mol. The third-order valence-corrected chi connectivity index (χ3v) is 2.57. The van der Waals surface area contributed by atoms with Crippen LogP contribution in [-0.2, 0) is 4.74 Å². The molecular weight excluding hydrogens is 269 g/mol. The second-order valence-electron chi connectivity index (χ2n) is 2.38. The van der Waals surface area contributed by atoms with Gasteiger partial charge in [-0.05, 0) is 42.5 Å². The summed E-state index contributed by atoms with van der Waals surface area (Å²) < 4.78 is 5.87. The monoisotopic (exact) mass is 279 g/mol. The lowest BCUT2D eigenvalue weighted by atomic mass is 10.4. The van der Waals surface area contributed by atoms with E-state index < -0.39 is 0 Å². The van der Waals surface area contributed by atoms with Crippen molar-refractivity contribution < 1.29 is 9.53 Å². The fourth-order valence-corrected chi connectivity index (χ4v) is 1.30. The van der Waals surface area contributed by atoms with Gasteiger partial charge in [0.25, 0.3) is 0 Å². The molecule has 0 aromatic carbocycles. The van der Waals surface area contributed by atoms with E-state index in [1.165, 1.54) is 0 Å². The van der Waals surface area contributed by atoms with Gasteiger partial charge in [0.05, 0.1) is 6.61 Å². The van der Waals surface area contributed by atoms with E-state index in [0.717, 1.165) is 9.26 Å². The van der Waals surface area contributed by atoms with E-state index in [1.807, 2.05) is 6.92 Å². The molecule has 0 atom stereocenters. The molecule has 0 amide bonds. The molecule has 0 unspecified atom stereocenters. The topological polar surface area (TPSA) is 42.1 Å². The molecule has 1 aromatic rings. The zero-order chi connectivity index (χ0) is 9.14. The van der Waals surface area contributed by atoms with Crippen molar-refractivity contribution >= 4 is 28.6 Å². The Morgan fingerprint density at radius 2 is 2.42 bits per heavy atom. The summed E-state index contributed by atoms with van der Waals surface area (Å²) >= 11 is 2.17. The first kappa shape index (κ1) is 9.57. The Bertz CT molecular complexity index is 274. The van der Waals surface area contributed by atoms with Gasteiger partial charge in [0.2, 0.25) is 0 Å². The number of hydrogen-bond donors (Lipinski definition) is 1. The van der Waals surface area contributed by atoms with Crippen LogP contribution in [0.3, 0.4) is 0 Å². The van der Waals surface area contributed by atoms with Gasteiger partial charge in [-0.25, -0.2) is 4.79 Å². The van der Waals surface area contributed by atoms with E-state index in [4.69, 9.17) is 4.74 Å². The van der Waals surface area contributed by atoms with Crippen LogP contribution in [0.4, 0.5) is 0 Å². The average Bonchev–Trinajstić information content (AvgIpc) is 2.33. The molecule has 3 nitrogen and oxygen atoms in total.